The lowest BCUT2D eigenvalue weighted by molar-refractivity contribution is 0.415. The average molecular weight is 341 g/mol. The number of benzene rings is 2. The fourth-order valence-corrected chi connectivity index (χ4v) is 2.68. The molecule has 0 saturated heterocycles. The third-order valence-electron chi connectivity index (χ3n) is 2.92. The molecule has 1 unspecified atom stereocenters. The number of nitrogens with one attached hydrogen (secondary N) is 1. The van der Waals surface area contributed by atoms with Crippen molar-refractivity contribution in [3.05, 3.63) is 57.5 Å². The summed E-state index contributed by atoms with van der Waals surface area (Å²) in [5, 5.41) is 4.08. The second kappa shape index (κ2) is 6.31. The van der Waals surface area contributed by atoms with Crippen molar-refractivity contribution in [1.29, 1.82) is 0 Å². The van der Waals surface area contributed by atoms with Crippen LogP contribution in [0.5, 0.6) is 5.75 Å². The molecule has 2 rings (SSSR count). The molecule has 0 fully saturated rings. The summed E-state index contributed by atoms with van der Waals surface area (Å²) in [7, 11) is 1.64. The molecule has 4 heteroatoms. The maximum atomic E-state index is 6.19. The van der Waals surface area contributed by atoms with Crippen molar-refractivity contribution in [2.24, 2.45) is 0 Å². The van der Waals surface area contributed by atoms with Crippen LogP contribution in [-0.2, 0) is 0 Å². The zero-order valence-electron chi connectivity index (χ0n) is 10.8. The first-order valence-corrected chi connectivity index (χ1v) is 7.13. The lowest BCUT2D eigenvalue weighted by Crippen LogP contribution is -2.07. The highest BCUT2D eigenvalue weighted by atomic mass is 79.9. The number of halogens is 2. The number of hydrogen-bond donors (Lipinski definition) is 1. The highest BCUT2D eigenvalue weighted by molar-refractivity contribution is 9.10. The number of anilines is 1. The summed E-state index contributed by atoms with van der Waals surface area (Å²) >= 11 is 9.75. The van der Waals surface area contributed by atoms with Gasteiger partial charge in [0.1, 0.15) is 5.75 Å². The Morgan fingerprint density at radius 3 is 2.63 bits per heavy atom. The SMILES string of the molecule is COc1ccc(Cl)c(NC(C)c2ccccc2Br)c1. The molecular formula is C15H15BrClNO. The first-order chi connectivity index (χ1) is 9.11. The van der Waals surface area contributed by atoms with Gasteiger partial charge < -0.3 is 10.1 Å². The molecule has 2 nitrogen and oxygen atoms in total. The molecule has 0 amide bonds. The third kappa shape index (κ3) is 3.43. The molecule has 2 aromatic rings. The Morgan fingerprint density at radius 1 is 1.21 bits per heavy atom. The Kier molecular flexibility index (Phi) is 4.72. The second-order valence-corrected chi connectivity index (χ2v) is 5.49. The number of rotatable bonds is 4. The van der Waals surface area contributed by atoms with Gasteiger partial charge in [-0.1, -0.05) is 45.7 Å². The molecule has 0 saturated carbocycles. The minimum atomic E-state index is 0.139. The quantitative estimate of drug-likeness (QED) is 0.817. The molecule has 0 radical (unpaired) electrons. The molecule has 1 N–H and O–H groups in total. The second-order valence-electron chi connectivity index (χ2n) is 4.23. The minimum Gasteiger partial charge on any atom is -0.497 e. The van der Waals surface area contributed by atoms with Crippen LogP contribution in [0, 0.1) is 0 Å². The molecule has 0 heterocycles. The largest absolute Gasteiger partial charge is 0.497 e. The molecule has 0 spiro atoms. The van der Waals surface area contributed by atoms with Crippen molar-refractivity contribution in [3.8, 4) is 5.75 Å². The van der Waals surface area contributed by atoms with Crippen LogP contribution in [0.25, 0.3) is 0 Å². The van der Waals surface area contributed by atoms with E-state index in [0.717, 1.165) is 15.9 Å². The Hall–Kier alpha value is -1.19. The first kappa shape index (κ1) is 14.2. The highest BCUT2D eigenvalue weighted by Gasteiger charge is 2.11. The monoisotopic (exact) mass is 339 g/mol. The fourth-order valence-electron chi connectivity index (χ4n) is 1.88. The molecule has 0 aliphatic heterocycles. The van der Waals surface area contributed by atoms with E-state index in [2.05, 4.69) is 34.2 Å². The Morgan fingerprint density at radius 2 is 1.95 bits per heavy atom. The topological polar surface area (TPSA) is 21.3 Å². The summed E-state index contributed by atoms with van der Waals surface area (Å²) < 4.78 is 6.29. The smallest absolute Gasteiger partial charge is 0.121 e. The number of methoxy groups -OCH3 is 1. The van der Waals surface area contributed by atoms with Crippen molar-refractivity contribution >= 4 is 33.2 Å². The van der Waals surface area contributed by atoms with E-state index >= 15 is 0 Å². The summed E-state index contributed by atoms with van der Waals surface area (Å²) in [6, 6.07) is 13.8. The third-order valence-corrected chi connectivity index (χ3v) is 3.97. The lowest BCUT2D eigenvalue weighted by Gasteiger charge is -2.18. The van der Waals surface area contributed by atoms with Crippen molar-refractivity contribution in [1.82, 2.24) is 0 Å². The van der Waals surface area contributed by atoms with Gasteiger partial charge in [-0.15, -0.1) is 0 Å². The van der Waals surface area contributed by atoms with Crippen molar-refractivity contribution in [2.75, 3.05) is 12.4 Å². The van der Waals surface area contributed by atoms with E-state index in [-0.39, 0.29) is 6.04 Å². The van der Waals surface area contributed by atoms with Gasteiger partial charge in [0.05, 0.1) is 17.8 Å². The summed E-state index contributed by atoms with van der Waals surface area (Å²) in [6.45, 7) is 2.09. The maximum Gasteiger partial charge on any atom is 0.121 e. The highest BCUT2D eigenvalue weighted by Crippen LogP contribution is 2.31. The summed E-state index contributed by atoms with van der Waals surface area (Å²) in [6.07, 6.45) is 0. The van der Waals surface area contributed by atoms with E-state index in [9.17, 15) is 0 Å². The number of hydrogen-bond acceptors (Lipinski definition) is 2. The van der Waals surface area contributed by atoms with Crippen LogP contribution in [0.4, 0.5) is 5.69 Å². The van der Waals surface area contributed by atoms with Crippen LogP contribution in [-0.4, -0.2) is 7.11 Å². The van der Waals surface area contributed by atoms with Crippen molar-refractivity contribution in [2.45, 2.75) is 13.0 Å². The van der Waals surface area contributed by atoms with Gasteiger partial charge in [-0.05, 0) is 30.7 Å². The molecule has 1 atom stereocenters. The van der Waals surface area contributed by atoms with E-state index in [0.29, 0.717) is 5.02 Å². The van der Waals surface area contributed by atoms with Crippen LogP contribution in [0.3, 0.4) is 0 Å². The Labute approximate surface area is 126 Å². The van der Waals surface area contributed by atoms with Crippen LogP contribution < -0.4 is 10.1 Å². The summed E-state index contributed by atoms with van der Waals surface area (Å²) in [5.41, 5.74) is 2.05. The molecule has 0 bridgehead atoms. The molecular weight excluding hydrogens is 326 g/mol. The average Bonchev–Trinajstić information content (AvgIpc) is 2.41. The standard InChI is InChI=1S/C15H15BrClNO/c1-10(12-5-3-4-6-13(12)16)18-15-9-11(19-2)7-8-14(15)17/h3-10,18H,1-2H3. The van der Waals surface area contributed by atoms with Crippen LogP contribution in [0.2, 0.25) is 5.02 Å². The fraction of sp³-hybridized carbons (Fsp3) is 0.200. The van der Waals surface area contributed by atoms with E-state index in [1.807, 2.05) is 36.4 Å². The van der Waals surface area contributed by atoms with Crippen molar-refractivity contribution < 1.29 is 4.74 Å². The molecule has 19 heavy (non-hydrogen) atoms. The zero-order chi connectivity index (χ0) is 13.8. The van der Waals surface area contributed by atoms with E-state index in [4.69, 9.17) is 16.3 Å². The zero-order valence-corrected chi connectivity index (χ0v) is 13.1. The predicted molar refractivity (Wildman–Crippen MR) is 84.2 cm³/mol. The van der Waals surface area contributed by atoms with Gasteiger partial charge in [0.25, 0.3) is 0 Å². The van der Waals surface area contributed by atoms with Crippen molar-refractivity contribution in [3.63, 3.8) is 0 Å². The maximum absolute atomic E-state index is 6.19. The van der Waals surface area contributed by atoms with Crippen LogP contribution >= 0.6 is 27.5 Å². The molecule has 2 aromatic carbocycles. The Balaban J connectivity index is 2.24. The molecule has 0 aliphatic carbocycles. The lowest BCUT2D eigenvalue weighted by atomic mass is 10.1. The van der Waals surface area contributed by atoms with E-state index < -0.39 is 0 Å². The molecule has 0 aliphatic rings. The van der Waals surface area contributed by atoms with E-state index in [1.165, 1.54) is 5.56 Å². The minimum absolute atomic E-state index is 0.139. The van der Waals surface area contributed by atoms with Gasteiger partial charge in [0.2, 0.25) is 0 Å². The van der Waals surface area contributed by atoms with Gasteiger partial charge in [-0.25, -0.2) is 0 Å². The normalized spacial score (nSPS) is 12.0. The van der Waals surface area contributed by atoms with E-state index in [1.54, 1.807) is 7.11 Å². The van der Waals surface area contributed by atoms with Crippen LogP contribution in [0.15, 0.2) is 46.9 Å². The van der Waals surface area contributed by atoms with Gasteiger partial charge in [-0.3, -0.25) is 0 Å². The Bertz CT molecular complexity index is 574. The molecule has 100 valence electrons. The van der Waals surface area contributed by atoms with Gasteiger partial charge >= 0.3 is 0 Å². The van der Waals surface area contributed by atoms with Gasteiger partial charge in [-0.2, -0.15) is 0 Å². The number of ether oxygens (including phenoxy) is 1. The predicted octanol–water partition coefficient (Wildman–Crippen LogP) is 5.28. The van der Waals surface area contributed by atoms with Crippen LogP contribution in [0.1, 0.15) is 18.5 Å². The van der Waals surface area contributed by atoms with Gasteiger partial charge in [0.15, 0.2) is 0 Å². The first-order valence-electron chi connectivity index (χ1n) is 5.96. The molecule has 0 aromatic heterocycles. The summed E-state index contributed by atoms with van der Waals surface area (Å²) in [5.74, 6) is 0.784. The summed E-state index contributed by atoms with van der Waals surface area (Å²) in [4.78, 5) is 0. The van der Waals surface area contributed by atoms with Gasteiger partial charge in [0, 0.05) is 16.6 Å².